The lowest BCUT2D eigenvalue weighted by Crippen LogP contribution is -2.06. The molecule has 4 N–H and O–H groups in total. The summed E-state index contributed by atoms with van der Waals surface area (Å²) in [5.41, 5.74) is 14.3. The summed E-state index contributed by atoms with van der Waals surface area (Å²) in [6.45, 7) is 0. The molecule has 0 saturated heterocycles. The molecule has 1 aliphatic heterocycles. The highest BCUT2D eigenvalue weighted by molar-refractivity contribution is 6.40. The number of rotatable bonds is 2. The number of anilines is 2. The van der Waals surface area contributed by atoms with Crippen molar-refractivity contribution in [1.29, 1.82) is 0 Å². The Kier molecular flexibility index (Phi) is 2.35. The van der Waals surface area contributed by atoms with Gasteiger partial charge in [-0.05, 0) is 17.5 Å². The molecule has 0 saturated carbocycles. The molecular formula is C14H11N3O2. The summed E-state index contributed by atoms with van der Waals surface area (Å²) in [5, 5.41) is 1.58. The summed E-state index contributed by atoms with van der Waals surface area (Å²) in [6.07, 6.45) is 1.33. The molecule has 0 radical (unpaired) electrons. The number of nitrogen functional groups attached to an aromatic ring is 2. The monoisotopic (exact) mass is 253 g/mol. The van der Waals surface area contributed by atoms with Crippen LogP contribution in [0, 0.1) is 0 Å². The first-order valence-corrected chi connectivity index (χ1v) is 5.76. The molecule has 5 heteroatoms. The summed E-state index contributed by atoms with van der Waals surface area (Å²) in [4.78, 5) is 26.3. The topological polar surface area (TPSA) is 98.5 Å². The Bertz CT molecular complexity index is 750. The molecule has 1 atom stereocenters. The summed E-state index contributed by atoms with van der Waals surface area (Å²) in [5.74, 6) is 0. The van der Waals surface area contributed by atoms with Crippen LogP contribution in [0.2, 0.25) is 0 Å². The van der Waals surface area contributed by atoms with E-state index in [9.17, 15) is 9.59 Å². The highest BCUT2D eigenvalue weighted by atomic mass is 16.1. The molecule has 0 aliphatic carbocycles. The number of carbonyl (C=O) groups is 2. The third kappa shape index (κ3) is 1.45. The van der Waals surface area contributed by atoms with E-state index in [0.717, 1.165) is 10.8 Å². The minimum atomic E-state index is -0.692. The number of aliphatic imine (C=N–C) groups is 1. The van der Waals surface area contributed by atoms with Gasteiger partial charge >= 0.3 is 0 Å². The largest absolute Gasteiger partial charge is 0.398 e. The van der Waals surface area contributed by atoms with Gasteiger partial charge in [0, 0.05) is 27.9 Å². The molecular weight excluding hydrogens is 242 g/mol. The van der Waals surface area contributed by atoms with Crippen molar-refractivity contribution in [2.45, 2.75) is 6.04 Å². The molecule has 1 unspecified atom stereocenters. The first kappa shape index (κ1) is 11.4. The van der Waals surface area contributed by atoms with E-state index in [4.69, 9.17) is 11.5 Å². The molecule has 5 nitrogen and oxygen atoms in total. The summed E-state index contributed by atoms with van der Waals surface area (Å²) < 4.78 is 0. The highest BCUT2D eigenvalue weighted by Crippen LogP contribution is 2.39. The Balaban J connectivity index is 2.48. The fourth-order valence-electron chi connectivity index (χ4n) is 2.56. The van der Waals surface area contributed by atoms with Crippen molar-refractivity contribution in [2.75, 3.05) is 11.5 Å². The van der Waals surface area contributed by atoms with Gasteiger partial charge in [-0.15, -0.1) is 0 Å². The van der Waals surface area contributed by atoms with E-state index in [1.165, 1.54) is 0 Å². The molecule has 0 spiro atoms. The van der Waals surface area contributed by atoms with Crippen molar-refractivity contribution in [1.82, 2.24) is 0 Å². The predicted octanol–water partition coefficient (Wildman–Crippen LogP) is 1.25. The molecule has 19 heavy (non-hydrogen) atoms. The van der Waals surface area contributed by atoms with E-state index < -0.39 is 6.04 Å². The highest BCUT2D eigenvalue weighted by Gasteiger charge is 2.29. The maximum atomic E-state index is 11.2. The number of nitrogens with two attached hydrogens (primary N) is 2. The zero-order chi connectivity index (χ0) is 13.6. The summed E-state index contributed by atoms with van der Waals surface area (Å²) >= 11 is 0. The molecule has 2 aromatic rings. The fraction of sp³-hybridized carbons (Fsp3) is 0.0714. The lowest BCUT2D eigenvalue weighted by molar-refractivity contribution is -0.108. The van der Waals surface area contributed by atoms with Crippen LogP contribution in [0.25, 0.3) is 10.8 Å². The Hall–Kier alpha value is -2.69. The normalized spacial score (nSPS) is 17.1. The van der Waals surface area contributed by atoms with Crippen LogP contribution in [-0.2, 0) is 9.59 Å². The van der Waals surface area contributed by atoms with Gasteiger partial charge in [0.05, 0.1) is 0 Å². The van der Waals surface area contributed by atoms with E-state index in [-0.39, 0.29) is 5.71 Å². The van der Waals surface area contributed by atoms with Gasteiger partial charge in [-0.2, -0.15) is 0 Å². The Morgan fingerprint density at radius 3 is 2.58 bits per heavy atom. The van der Waals surface area contributed by atoms with Gasteiger partial charge in [0.1, 0.15) is 18.0 Å². The van der Waals surface area contributed by atoms with Crippen LogP contribution in [0.1, 0.15) is 17.2 Å². The van der Waals surface area contributed by atoms with Crippen LogP contribution in [0.4, 0.5) is 11.4 Å². The number of aldehydes is 2. The fourth-order valence-corrected chi connectivity index (χ4v) is 2.56. The molecule has 1 aliphatic rings. The number of hydrogen-bond acceptors (Lipinski definition) is 5. The third-order valence-electron chi connectivity index (χ3n) is 3.36. The van der Waals surface area contributed by atoms with Gasteiger partial charge in [0.2, 0.25) is 0 Å². The lowest BCUT2D eigenvalue weighted by Gasteiger charge is -2.12. The van der Waals surface area contributed by atoms with Crippen molar-refractivity contribution in [3.05, 3.63) is 35.4 Å². The first-order chi connectivity index (χ1) is 9.17. The average molecular weight is 253 g/mol. The number of benzene rings is 2. The van der Waals surface area contributed by atoms with E-state index >= 15 is 0 Å². The van der Waals surface area contributed by atoms with Crippen LogP contribution < -0.4 is 11.5 Å². The summed E-state index contributed by atoms with van der Waals surface area (Å²) in [7, 11) is 0. The number of carbonyl (C=O) groups excluding carboxylic acids is 2. The second kappa shape index (κ2) is 3.91. The molecule has 0 amide bonds. The molecule has 0 aromatic heterocycles. The van der Waals surface area contributed by atoms with Gasteiger partial charge in [0.15, 0.2) is 6.29 Å². The van der Waals surface area contributed by atoms with Crippen molar-refractivity contribution in [3.63, 3.8) is 0 Å². The Morgan fingerprint density at radius 2 is 1.89 bits per heavy atom. The Morgan fingerprint density at radius 1 is 1.11 bits per heavy atom. The van der Waals surface area contributed by atoms with Crippen LogP contribution in [0.5, 0.6) is 0 Å². The van der Waals surface area contributed by atoms with Crippen molar-refractivity contribution in [3.8, 4) is 0 Å². The Labute approximate surface area is 108 Å². The van der Waals surface area contributed by atoms with E-state index in [1.807, 2.05) is 6.07 Å². The first-order valence-electron chi connectivity index (χ1n) is 5.76. The molecule has 0 fully saturated rings. The standard InChI is InChI=1S/C14H11N3O2/c15-9-3-1-2-7-8(9)4-10(16)14-12(6-19)17-11(5-18)13(7)14/h1-6,11H,15-16H2. The van der Waals surface area contributed by atoms with Crippen LogP contribution in [0.3, 0.4) is 0 Å². The molecule has 94 valence electrons. The lowest BCUT2D eigenvalue weighted by atomic mass is 9.93. The third-order valence-corrected chi connectivity index (χ3v) is 3.36. The van der Waals surface area contributed by atoms with Gasteiger partial charge in [-0.1, -0.05) is 12.1 Å². The van der Waals surface area contributed by atoms with Crippen LogP contribution in [-0.4, -0.2) is 18.3 Å². The van der Waals surface area contributed by atoms with Crippen molar-refractivity contribution in [2.24, 2.45) is 4.99 Å². The van der Waals surface area contributed by atoms with E-state index in [2.05, 4.69) is 4.99 Å². The number of nitrogens with zero attached hydrogens (tertiary/aromatic N) is 1. The minimum absolute atomic E-state index is 0.217. The maximum Gasteiger partial charge on any atom is 0.168 e. The van der Waals surface area contributed by atoms with Gasteiger partial charge in [0.25, 0.3) is 0 Å². The number of fused-ring (bicyclic) bond motifs is 3. The minimum Gasteiger partial charge on any atom is -0.398 e. The van der Waals surface area contributed by atoms with Gasteiger partial charge < -0.3 is 16.3 Å². The van der Waals surface area contributed by atoms with E-state index in [0.29, 0.717) is 35.1 Å². The predicted molar refractivity (Wildman–Crippen MR) is 74.2 cm³/mol. The van der Waals surface area contributed by atoms with E-state index in [1.54, 1.807) is 18.2 Å². The second-order valence-electron chi connectivity index (χ2n) is 4.41. The molecule has 1 heterocycles. The van der Waals surface area contributed by atoms with Crippen LogP contribution >= 0.6 is 0 Å². The SMILES string of the molecule is Nc1cc2c(N)cccc2c2c1C(C=O)=NC2C=O. The average Bonchev–Trinajstić information content (AvgIpc) is 2.80. The van der Waals surface area contributed by atoms with Crippen molar-refractivity contribution < 1.29 is 9.59 Å². The van der Waals surface area contributed by atoms with Gasteiger partial charge in [-0.3, -0.25) is 9.79 Å². The summed E-state index contributed by atoms with van der Waals surface area (Å²) in [6, 6.07) is 6.44. The zero-order valence-corrected chi connectivity index (χ0v) is 9.96. The second-order valence-corrected chi connectivity index (χ2v) is 4.41. The maximum absolute atomic E-state index is 11.2. The molecule has 2 aromatic carbocycles. The van der Waals surface area contributed by atoms with Crippen molar-refractivity contribution >= 4 is 40.4 Å². The van der Waals surface area contributed by atoms with Gasteiger partial charge in [-0.25, -0.2) is 0 Å². The van der Waals surface area contributed by atoms with Crippen LogP contribution in [0.15, 0.2) is 29.3 Å². The molecule has 0 bridgehead atoms. The number of hydrogen-bond donors (Lipinski definition) is 2. The molecule has 3 rings (SSSR count). The smallest absolute Gasteiger partial charge is 0.168 e. The quantitative estimate of drug-likeness (QED) is 0.621. The zero-order valence-electron chi connectivity index (χ0n) is 9.96.